The molecule has 1 aromatic carbocycles. The smallest absolute Gasteiger partial charge is 0.231 e. The molecule has 0 aromatic heterocycles. The normalized spacial score (nSPS) is 17.2. The van der Waals surface area contributed by atoms with Crippen LogP contribution in [-0.2, 0) is 14.8 Å². The molecule has 2 aliphatic rings. The van der Waals surface area contributed by atoms with Crippen molar-refractivity contribution in [3.05, 3.63) is 41.5 Å². The fraction of sp³-hybridized carbons (Fsp3) is 0.154. The van der Waals surface area contributed by atoms with Crippen LogP contribution in [0.4, 0.5) is 0 Å². The predicted molar refractivity (Wildman–Crippen MR) is 76.9 cm³/mol. The summed E-state index contributed by atoms with van der Waals surface area (Å²) in [7, 11) is -3.13. The lowest BCUT2D eigenvalue weighted by molar-refractivity contribution is -0.111. The van der Waals surface area contributed by atoms with Crippen molar-refractivity contribution in [1.82, 2.24) is 4.83 Å². The van der Waals surface area contributed by atoms with Gasteiger partial charge in [0, 0.05) is 5.57 Å². The van der Waals surface area contributed by atoms with E-state index in [9.17, 15) is 13.2 Å². The maximum absolute atomic E-state index is 11.1. The fourth-order valence-corrected chi connectivity index (χ4v) is 1.55. The van der Waals surface area contributed by atoms with Crippen molar-refractivity contribution in [2.45, 2.75) is 0 Å². The number of ketones is 1. The Hall–Kier alpha value is -2.16. The first-order valence-electron chi connectivity index (χ1n) is 5.90. The first-order chi connectivity index (χ1) is 9.89. The second-order valence-corrected chi connectivity index (χ2v) is 6.08. The zero-order valence-electron chi connectivity index (χ0n) is 11.2. The second kappa shape index (κ2) is 6.08. The van der Waals surface area contributed by atoms with Gasteiger partial charge in [0.15, 0.2) is 17.3 Å². The van der Waals surface area contributed by atoms with Gasteiger partial charge in [-0.05, 0) is 35.9 Å². The maximum Gasteiger partial charge on any atom is 0.231 e. The summed E-state index contributed by atoms with van der Waals surface area (Å²) >= 11 is 0. The van der Waals surface area contributed by atoms with E-state index in [1.807, 2.05) is 24.3 Å². The third-order valence-electron chi connectivity index (χ3n) is 2.63. The van der Waals surface area contributed by atoms with Gasteiger partial charge in [0.2, 0.25) is 16.8 Å². The van der Waals surface area contributed by atoms with E-state index in [-0.39, 0.29) is 12.6 Å². The van der Waals surface area contributed by atoms with Crippen molar-refractivity contribution in [2.75, 3.05) is 13.0 Å². The summed E-state index contributed by atoms with van der Waals surface area (Å²) in [4.78, 5) is 12.6. The summed E-state index contributed by atoms with van der Waals surface area (Å²) in [6, 6.07) is 5.62. The summed E-state index contributed by atoms with van der Waals surface area (Å²) < 4.78 is 30.0. The number of nitrogens with one attached hydrogen (secondary N) is 1. The van der Waals surface area contributed by atoms with Crippen molar-refractivity contribution in [3.63, 3.8) is 0 Å². The number of carbonyl (C=O) groups is 1. The van der Waals surface area contributed by atoms with Gasteiger partial charge >= 0.3 is 0 Å². The molecule has 0 spiro atoms. The molecule has 3 rings (SSSR count). The van der Waals surface area contributed by atoms with Gasteiger partial charge in [-0.1, -0.05) is 6.07 Å². The largest absolute Gasteiger partial charge is 0.454 e. The van der Waals surface area contributed by atoms with E-state index in [1.165, 1.54) is 0 Å². The average Bonchev–Trinajstić information content (AvgIpc) is 2.90. The number of ether oxygens (including phenoxy) is 2. The molecule has 8 heteroatoms. The third kappa shape index (κ3) is 4.15. The van der Waals surface area contributed by atoms with E-state index >= 15 is 0 Å². The van der Waals surface area contributed by atoms with Gasteiger partial charge in [-0.25, -0.2) is 8.42 Å². The van der Waals surface area contributed by atoms with Gasteiger partial charge < -0.3 is 9.47 Å². The number of hydrogen-bond acceptors (Lipinski definition) is 6. The van der Waals surface area contributed by atoms with Crippen LogP contribution in [0, 0.1) is 0 Å². The molecule has 0 radical (unpaired) electrons. The zero-order valence-corrected chi connectivity index (χ0v) is 12.0. The molecule has 0 fully saturated rings. The van der Waals surface area contributed by atoms with Crippen molar-refractivity contribution < 1.29 is 22.7 Å². The summed E-state index contributed by atoms with van der Waals surface area (Å²) in [6.07, 6.45) is 6.17. The van der Waals surface area contributed by atoms with Gasteiger partial charge in [-0.2, -0.15) is 4.83 Å². The van der Waals surface area contributed by atoms with Crippen molar-refractivity contribution in [2.24, 2.45) is 5.84 Å². The van der Waals surface area contributed by atoms with Gasteiger partial charge in [-0.15, -0.1) is 0 Å². The topological polar surface area (TPSA) is 108 Å². The Bertz CT molecular complexity index is 722. The first-order valence-corrected chi connectivity index (χ1v) is 7.79. The molecule has 0 unspecified atom stereocenters. The average molecular weight is 310 g/mol. The van der Waals surface area contributed by atoms with Gasteiger partial charge in [0.25, 0.3) is 0 Å². The zero-order chi connectivity index (χ0) is 15.5. The van der Waals surface area contributed by atoms with Crippen LogP contribution in [0.15, 0.2) is 35.9 Å². The number of hydrogen-bond donors (Lipinski definition) is 2. The monoisotopic (exact) mass is 310 g/mol. The number of fused-ring (bicyclic) bond motifs is 1. The molecule has 0 saturated carbocycles. The first kappa shape index (κ1) is 15.2. The Labute approximate surface area is 122 Å². The molecule has 0 saturated heterocycles. The minimum atomic E-state index is -3.13. The maximum atomic E-state index is 11.1. The highest BCUT2D eigenvalue weighted by Gasteiger charge is 2.14. The van der Waals surface area contributed by atoms with Gasteiger partial charge in [0.1, 0.15) is 0 Å². The number of allylic oxidation sites excluding steroid dienone is 3. The number of sulfonamides is 1. The highest BCUT2D eigenvalue weighted by atomic mass is 32.2. The van der Waals surface area contributed by atoms with E-state index in [0.717, 1.165) is 28.9 Å². The molecule has 7 nitrogen and oxygen atoms in total. The number of rotatable bonds is 2. The molecule has 3 N–H and O–H groups in total. The number of hydrazine groups is 1. The molecule has 0 bridgehead atoms. The lowest BCUT2D eigenvalue weighted by Gasteiger charge is -2.05. The van der Waals surface area contributed by atoms with E-state index in [4.69, 9.17) is 9.47 Å². The lowest BCUT2D eigenvalue weighted by atomic mass is 9.98. The van der Waals surface area contributed by atoms with Gasteiger partial charge in [0.05, 0.1) is 6.26 Å². The van der Waals surface area contributed by atoms with Crippen LogP contribution >= 0.6 is 0 Å². The second-order valence-electron chi connectivity index (χ2n) is 4.30. The standard InChI is InChI=1S/C12H8O3.CH6N2O2S/c13-10-3-2-9(10)5-8-1-4-11-12(6-8)15-7-14-11;1-6(4,5)3-2/h1-6H,7H2;3H,2H2,1H3. The van der Waals surface area contributed by atoms with Crippen LogP contribution in [0.1, 0.15) is 5.56 Å². The van der Waals surface area contributed by atoms with E-state index in [2.05, 4.69) is 5.84 Å². The molecule has 1 aliphatic heterocycles. The van der Waals surface area contributed by atoms with Gasteiger partial charge in [-0.3, -0.25) is 10.6 Å². The van der Waals surface area contributed by atoms with E-state index in [0.29, 0.717) is 0 Å². The summed E-state index contributed by atoms with van der Waals surface area (Å²) in [5.74, 6) is 6.04. The Morgan fingerprint density at radius 3 is 2.43 bits per heavy atom. The van der Waals surface area contributed by atoms with Crippen molar-refractivity contribution in [1.29, 1.82) is 0 Å². The van der Waals surface area contributed by atoms with Crippen LogP contribution in [0.3, 0.4) is 0 Å². The Morgan fingerprint density at radius 1 is 1.24 bits per heavy atom. The molecular formula is C13H14N2O5S. The molecule has 0 amide bonds. The van der Waals surface area contributed by atoms with E-state index in [1.54, 1.807) is 17.0 Å². The number of nitrogens with two attached hydrogens (primary N) is 1. The van der Waals surface area contributed by atoms with Crippen LogP contribution in [-0.4, -0.2) is 27.2 Å². The molecule has 1 heterocycles. The molecule has 112 valence electrons. The highest BCUT2D eigenvalue weighted by Crippen LogP contribution is 2.33. The Morgan fingerprint density at radius 2 is 1.90 bits per heavy atom. The van der Waals surface area contributed by atoms with E-state index < -0.39 is 10.0 Å². The van der Waals surface area contributed by atoms with Crippen LogP contribution in [0.25, 0.3) is 6.08 Å². The predicted octanol–water partition coefficient (Wildman–Crippen LogP) is 0.347. The minimum Gasteiger partial charge on any atom is -0.454 e. The lowest BCUT2D eigenvalue weighted by Crippen LogP contribution is -2.28. The van der Waals surface area contributed by atoms with Crippen LogP contribution < -0.4 is 20.1 Å². The fourth-order valence-electron chi connectivity index (χ4n) is 1.55. The van der Waals surface area contributed by atoms with Crippen molar-refractivity contribution in [3.8, 4) is 11.5 Å². The van der Waals surface area contributed by atoms with Crippen molar-refractivity contribution >= 4 is 21.9 Å². The number of benzene rings is 1. The number of carbonyl (C=O) groups excluding carboxylic acids is 1. The summed E-state index contributed by atoms with van der Waals surface area (Å²) in [5, 5.41) is 0. The van der Waals surface area contributed by atoms with Crippen LogP contribution in [0.5, 0.6) is 11.5 Å². The summed E-state index contributed by atoms with van der Waals surface area (Å²) in [5.41, 5.74) is 1.68. The Balaban J connectivity index is 0.000000232. The molecule has 21 heavy (non-hydrogen) atoms. The Kier molecular flexibility index (Phi) is 4.41. The van der Waals surface area contributed by atoms with Crippen LogP contribution in [0.2, 0.25) is 0 Å². The molecular weight excluding hydrogens is 296 g/mol. The molecule has 1 aliphatic carbocycles. The molecule has 0 atom stereocenters. The minimum absolute atomic E-state index is 0.0765. The summed E-state index contributed by atoms with van der Waals surface area (Å²) in [6.45, 7) is 0.272. The third-order valence-corrected chi connectivity index (χ3v) is 3.06. The quantitative estimate of drug-likeness (QED) is 0.463. The SMILES string of the molecule is CS(=O)(=O)NN.O=C1C=CC1=Cc1ccc2c(c1)OCO2. The highest BCUT2D eigenvalue weighted by molar-refractivity contribution is 7.88. The molecule has 1 aromatic rings.